The Bertz CT molecular complexity index is 902. The van der Waals surface area contributed by atoms with E-state index in [0.717, 1.165) is 28.1 Å². The van der Waals surface area contributed by atoms with Gasteiger partial charge in [0.05, 0.1) is 7.11 Å². The summed E-state index contributed by atoms with van der Waals surface area (Å²) >= 11 is 0. The SMILES string of the molecule is COc1ccc(-c2ccc(CNc3cccc(C(=N)N=N)c3)cc2)cc1. The van der Waals surface area contributed by atoms with E-state index in [0.29, 0.717) is 12.1 Å². The van der Waals surface area contributed by atoms with Crippen molar-refractivity contribution in [1.82, 2.24) is 0 Å². The van der Waals surface area contributed by atoms with Gasteiger partial charge in [-0.15, -0.1) is 5.11 Å². The van der Waals surface area contributed by atoms with E-state index < -0.39 is 0 Å². The molecule has 5 heteroatoms. The number of nitrogens with one attached hydrogen (secondary N) is 3. The Morgan fingerprint density at radius 2 is 1.62 bits per heavy atom. The van der Waals surface area contributed by atoms with Gasteiger partial charge in [-0.05, 0) is 41.0 Å². The highest BCUT2D eigenvalue weighted by molar-refractivity contribution is 5.97. The fourth-order valence-corrected chi connectivity index (χ4v) is 2.64. The van der Waals surface area contributed by atoms with E-state index in [1.54, 1.807) is 13.2 Å². The van der Waals surface area contributed by atoms with Crippen LogP contribution in [0.2, 0.25) is 0 Å². The topological polar surface area (TPSA) is 81.3 Å². The van der Waals surface area contributed by atoms with Crippen molar-refractivity contribution in [2.45, 2.75) is 6.54 Å². The number of benzene rings is 3. The Labute approximate surface area is 152 Å². The van der Waals surface area contributed by atoms with E-state index in [-0.39, 0.29) is 5.84 Å². The Kier molecular flexibility index (Phi) is 5.39. The summed E-state index contributed by atoms with van der Waals surface area (Å²) in [6.45, 7) is 0.678. The van der Waals surface area contributed by atoms with Gasteiger partial charge in [0.1, 0.15) is 5.75 Å². The highest BCUT2D eigenvalue weighted by atomic mass is 16.5. The lowest BCUT2D eigenvalue weighted by Crippen LogP contribution is -2.01. The minimum absolute atomic E-state index is 0.0440. The zero-order chi connectivity index (χ0) is 18.4. The summed E-state index contributed by atoms with van der Waals surface area (Å²) in [5.41, 5.74) is 11.9. The molecule has 5 nitrogen and oxygen atoms in total. The third-order valence-corrected chi connectivity index (χ3v) is 4.12. The van der Waals surface area contributed by atoms with Crippen LogP contribution in [-0.2, 0) is 6.54 Å². The Balaban J connectivity index is 1.66. The van der Waals surface area contributed by atoms with E-state index in [2.05, 4.69) is 34.7 Å². The molecule has 0 aliphatic heterocycles. The van der Waals surface area contributed by atoms with Gasteiger partial charge < -0.3 is 10.1 Å². The van der Waals surface area contributed by atoms with E-state index in [1.165, 1.54) is 0 Å². The zero-order valence-electron chi connectivity index (χ0n) is 14.5. The van der Waals surface area contributed by atoms with Crippen LogP contribution in [0.4, 0.5) is 5.69 Å². The molecule has 0 aliphatic carbocycles. The number of hydrogen-bond acceptors (Lipinski definition) is 4. The minimum Gasteiger partial charge on any atom is -0.497 e. The molecule has 0 amide bonds. The van der Waals surface area contributed by atoms with Gasteiger partial charge in [-0.3, -0.25) is 5.41 Å². The number of hydrogen-bond donors (Lipinski definition) is 3. The molecule has 0 aromatic heterocycles. The summed E-state index contributed by atoms with van der Waals surface area (Å²) in [5.74, 6) is 0.806. The molecule has 0 aliphatic rings. The molecule has 0 spiro atoms. The van der Waals surface area contributed by atoms with Crippen LogP contribution in [0.1, 0.15) is 11.1 Å². The van der Waals surface area contributed by atoms with Gasteiger partial charge in [-0.25, -0.2) is 5.53 Å². The van der Waals surface area contributed by atoms with Gasteiger partial charge in [-0.1, -0.05) is 48.5 Å². The highest BCUT2D eigenvalue weighted by Gasteiger charge is 2.02. The normalized spacial score (nSPS) is 10.2. The van der Waals surface area contributed by atoms with Crippen LogP contribution in [0.15, 0.2) is 77.9 Å². The summed E-state index contributed by atoms with van der Waals surface area (Å²) in [7, 11) is 1.66. The van der Waals surface area contributed by atoms with Gasteiger partial charge in [0.25, 0.3) is 0 Å². The molecule has 0 fully saturated rings. The Morgan fingerprint density at radius 1 is 0.962 bits per heavy atom. The maximum atomic E-state index is 7.61. The maximum Gasteiger partial charge on any atom is 0.173 e. The van der Waals surface area contributed by atoms with E-state index >= 15 is 0 Å². The van der Waals surface area contributed by atoms with Crippen molar-refractivity contribution in [3.63, 3.8) is 0 Å². The third kappa shape index (κ3) is 4.13. The fraction of sp³-hybridized carbons (Fsp3) is 0.0952. The monoisotopic (exact) mass is 344 g/mol. The average Bonchev–Trinajstić information content (AvgIpc) is 2.72. The smallest absolute Gasteiger partial charge is 0.173 e. The first-order valence-electron chi connectivity index (χ1n) is 8.23. The first-order chi connectivity index (χ1) is 12.7. The average molecular weight is 344 g/mol. The van der Waals surface area contributed by atoms with Crippen LogP contribution < -0.4 is 10.1 Å². The summed E-state index contributed by atoms with van der Waals surface area (Å²) in [4.78, 5) is 0. The molecule has 3 aromatic rings. The fourth-order valence-electron chi connectivity index (χ4n) is 2.64. The largest absolute Gasteiger partial charge is 0.497 e. The Hall–Kier alpha value is -3.47. The van der Waals surface area contributed by atoms with Gasteiger partial charge in [-0.2, -0.15) is 0 Å². The number of methoxy groups -OCH3 is 1. The van der Waals surface area contributed by atoms with Crippen molar-refractivity contribution in [3.8, 4) is 16.9 Å². The van der Waals surface area contributed by atoms with Crippen LogP contribution in [-0.4, -0.2) is 12.9 Å². The highest BCUT2D eigenvalue weighted by Crippen LogP contribution is 2.23. The molecule has 0 saturated heterocycles. The molecule has 0 radical (unpaired) electrons. The molecule has 3 N–H and O–H groups in total. The minimum atomic E-state index is -0.0440. The summed E-state index contributed by atoms with van der Waals surface area (Å²) in [6, 6.07) is 23.8. The second kappa shape index (κ2) is 8.07. The van der Waals surface area contributed by atoms with Crippen LogP contribution in [0.3, 0.4) is 0 Å². The molecular formula is C21H20N4O. The molecule has 26 heavy (non-hydrogen) atoms. The second-order valence-corrected chi connectivity index (χ2v) is 5.82. The third-order valence-electron chi connectivity index (χ3n) is 4.12. The van der Waals surface area contributed by atoms with Crippen molar-refractivity contribution in [2.75, 3.05) is 12.4 Å². The van der Waals surface area contributed by atoms with Crippen LogP contribution >= 0.6 is 0 Å². The molecular weight excluding hydrogens is 324 g/mol. The molecule has 3 aromatic carbocycles. The standard InChI is InChI=1S/C21H20N4O/c1-26-20-11-9-17(10-12-20)16-7-5-15(6-8-16)14-24-19-4-2-3-18(13-19)21(22)25-23/h2-13,22-24H,14H2,1H3. The predicted molar refractivity (Wildman–Crippen MR) is 104 cm³/mol. The van der Waals surface area contributed by atoms with Crippen LogP contribution in [0, 0.1) is 10.9 Å². The van der Waals surface area contributed by atoms with Crippen LogP contribution in [0.25, 0.3) is 11.1 Å². The molecule has 0 heterocycles. The van der Waals surface area contributed by atoms with Crippen LogP contribution in [0.5, 0.6) is 5.75 Å². The lowest BCUT2D eigenvalue weighted by molar-refractivity contribution is 0.415. The lowest BCUT2D eigenvalue weighted by atomic mass is 10.0. The van der Waals surface area contributed by atoms with Gasteiger partial charge >= 0.3 is 0 Å². The molecule has 3 rings (SSSR count). The molecule has 0 bridgehead atoms. The number of ether oxygens (including phenoxy) is 1. The quantitative estimate of drug-likeness (QED) is 0.321. The van der Waals surface area contributed by atoms with E-state index in [9.17, 15) is 0 Å². The van der Waals surface area contributed by atoms with Crippen molar-refractivity contribution in [3.05, 3.63) is 83.9 Å². The van der Waals surface area contributed by atoms with E-state index in [1.807, 2.05) is 42.5 Å². The Morgan fingerprint density at radius 3 is 2.23 bits per heavy atom. The number of rotatable bonds is 6. The first-order valence-corrected chi connectivity index (χ1v) is 8.23. The summed E-state index contributed by atoms with van der Waals surface area (Å²) in [5, 5.41) is 14.1. The van der Waals surface area contributed by atoms with Gasteiger partial charge in [0, 0.05) is 17.8 Å². The zero-order valence-corrected chi connectivity index (χ0v) is 14.5. The van der Waals surface area contributed by atoms with Crippen molar-refractivity contribution in [1.29, 1.82) is 10.9 Å². The molecule has 0 atom stereocenters. The van der Waals surface area contributed by atoms with E-state index in [4.69, 9.17) is 15.7 Å². The second-order valence-electron chi connectivity index (χ2n) is 5.82. The van der Waals surface area contributed by atoms with Crippen molar-refractivity contribution in [2.24, 2.45) is 5.11 Å². The van der Waals surface area contributed by atoms with Crippen molar-refractivity contribution >= 4 is 11.5 Å². The molecule has 0 saturated carbocycles. The predicted octanol–water partition coefficient (Wildman–Crippen LogP) is 5.33. The molecule has 130 valence electrons. The maximum absolute atomic E-state index is 7.61. The number of amidine groups is 1. The lowest BCUT2D eigenvalue weighted by Gasteiger charge is -2.09. The van der Waals surface area contributed by atoms with Crippen molar-refractivity contribution < 1.29 is 4.74 Å². The molecule has 0 unspecified atom stereocenters. The number of anilines is 1. The summed E-state index contributed by atoms with van der Waals surface area (Å²) < 4.78 is 5.19. The summed E-state index contributed by atoms with van der Waals surface area (Å²) in [6.07, 6.45) is 0. The van der Waals surface area contributed by atoms with Gasteiger partial charge in [0.2, 0.25) is 0 Å². The first kappa shape index (κ1) is 17.4. The number of nitrogens with zero attached hydrogens (tertiary/aromatic N) is 1. The van der Waals surface area contributed by atoms with Gasteiger partial charge in [0.15, 0.2) is 5.84 Å².